The number of fused-ring (bicyclic) bond motifs is 1. The van der Waals surface area contributed by atoms with E-state index >= 15 is 0 Å². The van der Waals surface area contributed by atoms with Crippen LogP contribution >= 0.6 is 0 Å². The van der Waals surface area contributed by atoms with E-state index in [1.807, 2.05) is 58.9 Å². The number of amides is 1. The van der Waals surface area contributed by atoms with Crippen molar-refractivity contribution in [2.75, 3.05) is 29.9 Å². The van der Waals surface area contributed by atoms with Gasteiger partial charge < -0.3 is 20.7 Å². The molecule has 0 unspecified atom stereocenters. The first-order chi connectivity index (χ1) is 16.1. The molecule has 0 aliphatic carbocycles. The van der Waals surface area contributed by atoms with E-state index in [1.165, 1.54) is 0 Å². The van der Waals surface area contributed by atoms with Crippen molar-refractivity contribution in [3.63, 3.8) is 0 Å². The van der Waals surface area contributed by atoms with E-state index in [4.69, 9.17) is 10.5 Å². The van der Waals surface area contributed by atoms with Crippen LogP contribution in [-0.2, 0) is 14.3 Å². The second-order valence-electron chi connectivity index (χ2n) is 9.94. The highest BCUT2D eigenvalue weighted by Crippen LogP contribution is 2.35. The van der Waals surface area contributed by atoms with E-state index < -0.39 is 5.60 Å². The molecule has 1 heterocycles. The van der Waals surface area contributed by atoms with Gasteiger partial charge in [0.25, 0.3) is 5.91 Å². The number of esters is 1. The number of aryl methyl sites for hydroxylation is 2. The summed E-state index contributed by atoms with van der Waals surface area (Å²) in [6.07, 6.45) is 3.96. The van der Waals surface area contributed by atoms with Gasteiger partial charge in [0.2, 0.25) is 0 Å². The summed E-state index contributed by atoms with van der Waals surface area (Å²) in [4.78, 5) is 27.0. The van der Waals surface area contributed by atoms with Crippen LogP contribution in [0.2, 0.25) is 0 Å². The van der Waals surface area contributed by atoms with Crippen molar-refractivity contribution in [3.8, 4) is 0 Å². The maximum atomic E-state index is 12.8. The van der Waals surface area contributed by atoms with E-state index in [-0.39, 0.29) is 11.9 Å². The third-order valence-electron chi connectivity index (χ3n) is 5.66. The molecule has 1 aliphatic heterocycles. The molecular formula is C28H37N3O3. The number of nitrogens with one attached hydrogen (secondary N) is 1. The highest BCUT2D eigenvalue weighted by Gasteiger charge is 2.24. The predicted octanol–water partition coefficient (Wildman–Crippen LogP) is 5.07. The Hall–Kier alpha value is -3.12. The molecule has 3 rings (SSSR count). The fourth-order valence-corrected chi connectivity index (χ4v) is 4.16. The van der Waals surface area contributed by atoms with Gasteiger partial charge in [0, 0.05) is 48.6 Å². The van der Waals surface area contributed by atoms with Gasteiger partial charge in [-0.15, -0.1) is 0 Å². The largest absolute Gasteiger partial charge is 0.460 e. The predicted molar refractivity (Wildman–Crippen MR) is 140 cm³/mol. The van der Waals surface area contributed by atoms with E-state index in [0.29, 0.717) is 25.1 Å². The lowest BCUT2D eigenvalue weighted by Crippen LogP contribution is -2.31. The quantitative estimate of drug-likeness (QED) is 0.308. The molecule has 0 saturated heterocycles. The number of nitrogens with zero attached hydrogens (tertiary/aromatic N) is 1. The molecule has 6 nitrogen and oxygen atoms in total. The first-order valence-electron chi connectivity index (χ1n) is 12.0. The molecule has 1 amide bonds. The third kappa shape index (κ3) is 6.70. The van der Waals surface area contributed by atoms with Crippen LogP contribution in [0.4, 0.5) is 11.4 Å². The maximum Gasteiger partial charge on any atom is 0.306 e. The van der Waals surface area contributed by atoms with Crippen molar-refractivity contribution < 1.29 is 14.3 Å². The Morgan fingerprint density at radius 1 is 1.06 bits per heavy atom. The van der Waals surface area contributed by atoms with Crippen molar-refractivity contribution in [2.45, 2.75) is 59.5 Å². The summed E-state index contributed by atoms with van der Waals surface area (Å²) in [6, 6.07) is 12.3. The molecule has 0 saturated carbocycles. The molecule has 3 N–H and O–H groups in total. The number of ether oxygens (including phenoxy) is 1. The van der Waals surface area contributed by atoms with Gasteiger partial charge in [0.05, 0.1) is 0 Å². The molecule has 2 aromatic rings. The van der Waals surface area contributed by atoms with Crippen LogP contribution in [0.3, 0.4) is 0 Å². The Labute approximate surface area is 203 Å². The Kier molecular flexibility index (Phi) is 8.15. The summed E-state index contributed by atoms with van der Waals surface area (Å²) in [5, 5.41) is 2.98. The van der Waals surface area contributed by atoms with Gasteiger partial charge in [-0.1, -0.05) is 23.8 Å². The number of unbranched alkanes of at least 4 members (excludes halogenated alkanes) is 1. The summed E-state index contributed by atoms with van der Waals surface area (Å²) < 4.78 is 5.41. The molecule has 0 atom stereocenters. The summed E-state index contributed by atoms with van der Waals surface area (Å²) in [5.74, 6) is -0.254. The van der Waals surface area contributed by atoms with Gasteiger partial charge in [0.15, 0.2) is 0 Å². The van der Waals surface area contributed by atoms with Crippen LogP contribution in [0.1, 0.15) is 62.3 Å². The summed E-state index contributed by atoms with van der Waals surface area (Å²) in [7, 11) is 0. The molecule has 1 aliphatic rings. The average Bonchev–Trinajstić information content (AvgIpc) is 3.03. The molecule has 0 aromatic heterocycles. The molecule has 182 valence electrons. The normalized spacial score (nSPS) is 14.2. The number of anilines is 2. The zero-order chi connectivity index (χ0) is 24.9. The van der Waals surface area contributed by atoms with Crippen LogP contribution in [0.25, 0.3) is 11.6 Å². The molecule has 6 heteroatoms. The highest BCUT2D eigenvalue weighted by atomic mass is 16.6. The van der Waals surface area contributed by atoms with Gasteiger partial charge in [-0.25, -0.2) is 0 Å². The standard InChI is InChI=1S/C28H37N3O3/c1-19-10-12-25(31(15-13-29)14-7-6-8-26(32)34-28(3,4)5)21(16-19)18-23-22-11-9-20(2)17-24(22)30-27(23)33/h9-12,16-18H,6-8,13-15,29H2,1-5H3,(H,30,33)/b23-18+. The lowest BCUT2D eigenvalue weighted by Gasteiger charge is -2.27. The van der Waals surface area contributed by atoms with E-state index in [1.54, 1.807) is 0 Å². The number of rotatable bonds is 9. The van der Waals surface area contributed by atoms with Crippen LogP contribution in [-0.4, -0.2) is 37.1 Å². The van der Waals surface area contributed by atoms with E-state index in [2.05, 4.69) is 28.4 Å². The third-order valence-corrected chi connectivity index (χ3v) is 5.66. The zero-order valence-electron chi connectivity index (χ0n) is 21.0. The second-order valence-corrected chi connectivity index (χ2v) is 9.94. The smallest absolute Gasteiger partial charge is 0.306 e. The zero-order valence-corrected chi connectivity index (χ0v) is 21.0. The van der Waals surface area contributed by atoms with Crippen LogP contribution < -0.4 is 16.0 Å². The van der Waals surface area contributed by atoms with Crippen LogP contribution in [0.15, 0.2) is 36.4 Å². The Morgan fingerprint density at radius 2 is 1.76 bits per heavy atom. The minimum atomic E-state index is -0.461. The second kappa shape index (κ2) is 10.9. The maximum absolute atomic E-state index is 12.8. The van der Waals surface area contributed by atoms with E-state index in [0.717, 1.165) is 53.0 Å². The van der Waals surface area contributed by atoms with Crippen molar-refractivity contribution in [1.82, 2.24) is 0 Å². The Bertz CT molecular complexity index is 1080. The number of hydrogen-bond donors (Lipinski definition) is 2. The van der Waals surface area contributed by atoms with E-state index in [9.17, 15) is 9.59 Å². The molecule has 34 heavy (non-hydrogen) atoms. The topological polar surface area (TPSA) is 84.7 Å². The molecule has 0 bridgehead atoms. The summed E-state index contributed by atoms with van der Waals surface area (Å²) in [6.45, 7) is 11.7. The fraction of sp³-hybridized carbons (Fsp3) is 0.429. The number of nitrogens with two attached hydrogens (primary N) is 1. The lowest BCUT2D eigenvalue weighted by atomic mass is 10.00. The van der Waals surface area contributed by atoms with Crippen LogP contribution in [0, 0.1) is 13.8 Å². The molecule has 2 aromatic carbocycles. The number of carbonyl (C=O) groups is 2. The fourth-order valence-electron chi connectivity index (χ4n) is 4.16. The monoisotopic (exact) mass is 463 g/mol. The van der Waals surface area contributed by atoms with Crippen molar-refractivity contribution >= 4 is 34.9 Å². The van der Waals surface area contributed by atoms with Crippen molar-refractivity contribution in [1.29, 1.82) is 0 Å². The number of carbonyl (C=O) groups excluding carboxylic acids is 2. The first-order valence-corrected chi connectivity index (χ1v) is 12.0. The number of benzene rings is 2. The highest BCUT2D eigenvalue weighted by molar-refractivity contribution is 6.35. The lowest BCUT2D eigenvalue weighted by molar-refractivity contribution is -0.154. The summed E-state index contributed by atoms with van der Waals surface area (Å²) in [5.41, 5.74) is 12.2. The number of hydrogen-bond acceptors (Lipinski definition) is 5. The molecule has 0 spiro atoms. The Balaban J connectivity index is 1.80. The van der Waals surface area contributed by atoms with Crippen LogP contribution in [0.5, 0.6) is 0 Å². The molecule has 0 fully saturated rings. The minimum absolute atomic E-state index is 0.0872. The SMILES string of the molecule is Cc1ccc(N(CCN)CCCCC(=O)OC(C)(C)C)c(/C=C2/C(=O)Nc3cc(C)ccc32)c1. The van der Waals surface area contributed by atoms with Gasteiger partial charge >= 0.3 is 5.97 Å². The van der Waals surface area contributed by atoms with Gasteiger partial charge in [0.1, 0.15) is 5.60 Å². The molecular weight excluding hydrogens is 426 g/mol. The minimum Gasteiger partial charge on any atom is -0.460 e. The molecule has 0 radical (unpaired) electrons. The van der Waals surface area contributed by atoms with Crippen molar-refractivity contribution in [3.05, 3.63) is 58.7 Å². The average molecular weight is 464 g/mol. The van der Waals surface area contributed by atoms with Gasteiger partial charge in [-0.2, -0.15) is 0 Å². The Morgan fingerprint density at radius 3 is 2.47 bits per heavy atom. The first kappa shape index (κ1) is 25.5. The van der Waals surface area contributed by atoms with Gasteiger partial charge in [-0.05, 0) is 82.9 Å². The van der Waals surface area contributed by atoms with Crippen molar-refractivity contribution in [2.24, 2.45) is 5.73 Å². The van der Waals surface area contributed by atoms with Gasteiger partial charge in [-0.3, -0.25) is 9.59 Å². The summed E-state index contributed by atoms with van der Waals surface area (Å²) >= 11 is 0.